The Labute approximate surface area is 83.5 Å². The van der Waals surface area contributed by atoms with E-state index in [0.29, 0.717) is 10.5 Å². The molecule has 0 aliphatic carbocycles. The minimum atomic E-state index is 0.628. The normalized spacial score (nSPS) is 10.6. The number of nitrogen functional groups attached to an aromatic ring is 1. The van der Waals surface area contributed by atoms with Gasteiger partial charge in [-0.15, -0.1) is 0 Å². The highest BCUT2D eigenvalue weighted by atomic mass is 79.9. The summed E-state index contributed by atoms with van der Waals surface area (Å²) in [5.41, 5.74) is 7.37. The van der Waals surface area contributed by atoms with Crippen LogP contribution in [0.1, 0.15) is 0 Å². The van der Waals surface area contributed by atoms with Crippen LogP contribution in [0, 0.1) is 0 Å². The van der Waals surface area contributed by atoms with Gasteiger partial charge in [0.25, 0.3) is 0 Å². The zero-order valence-electron chi connectivity index (χ0n) is 6.99. The fraction of sp³-hybridized carbons (Fsp3) is 0.125. The molecule has 0 bridgehead atoms. The molecule has 4 nitrogen and oxygen atoms in total. The standard InChI is InChI=1S/C8H8BrN3O/c1-12-7(10)4-6(11-12)5-2-3-13-8(5)9/h2-4H,10H2,1H3. The monoisotopic (exact) mass is 241 g/mol. The maximum absolute atomic E-state index is 5.65. The van der Waals surface area contributed by atoms with Crippen LogP contribution in [-0.4, -0.2) is 9.78 Å². The van der Waals surface area contributed by atoms with Crippen molar-refractivity contribution in [2.24, 2.45) is 7.05 Å². The summed E-state index contributed by atoms with van der Waals surface area (Å²) in [5.74, 6) is 0.628. The number of nitrogens with two attached hydrogens (primary N) is 1. The minimum Gasteiger partial charge on any atom is -0.457 e. The van der Waals surface area contributed by atoms with Gasteiger partial charge in [0, 0.05) is 13.1 Å². The molecule has 2 N–H and O–H groups in total. The number of aromatic nitrogens is 2. The highest BCUT2D eigenvalue weighted by molar-refractivity contribution is 9.10. The van der Waals surface area contributed by atoms with Gasteiger partial charge < -0.3 is 10.2 Å². The summed E-state index contributed by atoms with van der Waals surface area (Å²) in [6.45, 7) is 0. The van der Waals surface area contributed by atoms with Crippen molar-refractivity contribution in [3.8, 4) is 11.3 Å². The number of anilines is 1. The third kappa shape index (κ3) is 1.35. The lowest BCUT2D eigenvalue weighted by atomic mass is 10.2. The van der Waals surface area contributed by atoms with Crippen LogP contribution in [-0.2, 0) is 7.05 Å². The molecule has 13 heavy (non-hydrogen) atoms. The lowest BCUT2D eigenvalue weighted by Crippen LogP contribution is -1.96. The zero-order valence-corrected chi connectivity index (χ0v) is 8.58. The van der Waals surface area contributed by atoms with Crippen LogP contribution in [0.15, 0.2) is 27.5 Å². The van der Waals surface area contributed by atoms with E-state index in [1.165, 1.54) is 0 Å². The lowest BCUT2D eigenvalue weighted by Gasteiger charge is -1.90. The van der Waals surface area contributed by atoms with E-state index < -0.39 is 0 Å². The molecular formula is C8H8BrN3O. The molecule has 2 aromatic rings. The Morgan fingerprint density at radius 3 is 2.85 bits per heavy atom. The van der Waals surface area contributed by atoms with Crippen molar-refractivity contribution in [2.45, 2.75) is 0 Å². The van der Waals surface area contributed by atoms with Gasteiger partial charge in [0.05, 0.1) is 17.5 Å². The summed E-state index contributed by atoms with van der Waals surface area (Å²) in [6, 6.07) is 3.64. The predicted molar refractivity (Wildman–Crippen MR) is 53.0 cm³/mol. The molecule has 0 radical (unpaired) electrons. The third-order valence-corrected chi connectivity index (χ3v) is 2.42. The zero-order chi connectivity index (χ0) is 9.42. The molecule has 2 rings (SSSR count). The first-order valence-corrected chi connectivity index (χ1v) is 4.50. The molecule has 0 aliphatic rings. The second-order valence-corrected chi connectivity index (χ2v) is 3.41. The average Bonchev–Trinajstić information content (AvgIpc) is 2.60. The maximum atomic E-state index is 5.65. The first-order chi connectivity index (χ1) is 6.18. The van der Waals surface area contributed by atoms with Crippen molar-refractivity contribution in [1.82, 2.24) is 9.78 Å². The number of rotatable bonds is 1. The van der Waals surface area contributed by atoms with E-state index in [-0.39, 0.29) is 0 Å². The largest absolute Gasteiger partial charge is 0.457 e. The quantitative estimate of drug-likeness (QED) is 0.832. The van der Waals surface area contributed by atoms with Crippen LogP contribution in [0.4, 0.5) is 5.82 Å². The molecule has 2 heterocycles. The van der Waals surface area contributed by atoms with Gasteiger partial charge in [0.15, 0.2) is 4.67 Å². The van der Waals surface area contributed by atoms with Crippen LogP contribution in [0.3, 0.4) is 0 Å². The van der Waals surface area contributed by atoms with Crippen LogP contribution in [0.25, 0.3) is 11.3 Å². The number of hydrogen-bond donors (Lipinski definition) is 1. The summed E-state index contributed by atoms with van der Waals surface area (Å²) in [6.07, 6.45) is 1.60. The van der Waals surface area contributed by atoms with Crippen LogP contribution < -0.4 is 5.73 Å². The second-order valence-electron chi connectivity index (χ2n) is 2.69. The molecule has 0 amide bonds. The van der Waals surface area contributed by atoms with E-state index in [1.54, 1.807) is 24.1 Å². The van der Waals surface area contributed by atoms with Crippen molar-refractivity contribution in [3.05, 3.63) is 23.1 Å². The van der Waals surface area contributed by atoms with Gasteiger partial charge in [-0.1, -0.05) is 0 Å². The Hall–Kier alpha value is -1.23. The van der Waals surface area contributed by atoms with E-state index in [9.17, 15) is 0 Å². The number of nitrogens with zero attached hydrogens (tertiary/aromatic N) is 2. The molecule has 0 aliphatic heterocycles. The van der Waals surface area contributed by atoms with Gasteiger partial charge in [-0.05, 0) is 22.0 Å². The van der Waals surface area contributed by atoms with E-state index in [0.717, 1.165) is 11.3 Å². The highest BCUT2D eigenvalue weighted by Gasteiger charge is 2.10. The number of halogens is 1. The number of furan rings is 1. The first kappa shape index (κ1) is 8.37. The Morgan fingerprint density at radius 1 is 1.62 bits per heavy atom. The molecule has 68 valence electrons. The van der Waals surface area contributed by atoms with Crippen molar-refractivity contribution in [3.63, 3.8) is 0 Å². The van der Waals surface area contributed by atoms with E-state index in [2.05, 4.69) is 21.0 Å². The van der Waals surface area contributed by atoms with Crippen molar-refractivity contribution < 1.29 is 4.42 Å². The summed E-state index contributed by atoms with van der Waals surface area (Å²) in [7, 11) is 1.80. The number of aryl methyl sites for hydroxylation is 1. The van der Waals surface area contributed by atoms with Crippen molar-refractivity contribution in [1.29, 1.82) is 0 Å². The molecule has 5 heteroatoms. The van der Waals surface area contributed by atoms with Gasteiger partial charge in [0.1, 0.15) is 5.82 Å². The molecule has 0 aromatic carbocycles. The molecule has 0 saturated carbocycles. The predicted octanol–water partition coefficient (Wildman–Crippen LogP) is 2.02. The second kappa shape index (κ2) is 2.92. The lowest BCUT2D eigenvalue weighted by molar-refractivity contribution is 0.542. The SMILES string of the molecule is Cn1nc(-c2ccoc2Br)cc1N. The highest BCUT2D eigenvalue weighted by Crippen LogP contribution is 2.28. The summed E-state index contributed by atoms with van der Waals surface area (Å²) >= 11 is 3.28. The Morgan fingerprint density at radius 2 is 2.38 bits per heavy atom. The Kier molecular flexibility index (Phi) is 1.88. The van der Waals surface area contributed by atoms with Crippen molar-refractivity contribution in [2.75, 3.05) is 5.73 Å². The third-order valence-electron chi connectivity index (χ3n) is 1.81. The number of hydrogen-bond acceptors (Lipinski definition) is 3. The van der Waals surface area contributed by atoms with Gasteiger partial charge in [0.2, 0.25) is 0 Å². The minimum absolute atomic E-state index is 0.628. The van der Waals surface area contributed by atoms with E-state index in [4.69, 9.17) is 10.2 Å². The van der Waals surface area contributed by atoms with Gasteiger partial charge in [-0.3, -0.25) is 4.68 Å². The molecule has 0 unspecified atom stereocenters. The fourth-order valence-corrected chi connectivity index (χ4v) is 1.53. The van der Waals surface area contributed by atoms with Gasteiger partial charge >= 0.3 is 0 Å². The molecular weight excluding hydrogens is 234 g/mol. The van der Waals surface area contributed by atoms with Crippen LogP contribution >= 0.6 is 15.9 Å². The topological polar surface area (TPSA) is 57.0 Å². The van der Waals surface area contributed by atoms with Gasteiger partial charge in [-0.25, -0.2) is 0 Å². The summed E-state index contributed by atoms with van der Waals surface area (Å²) < 4.78 is 7.39. The van der Waals surface area contributed by atoms with Crippen LogP contribution in [0.2, 0.25) is 0 Å². The van der Waals surface area contributed by atoms with Crippen LogP contribution in [0.5, 0.6) is 0 Å². The maximum Gasteiger partial charge on any atom is 0.178 e. The fourth-order valence-electron chi connectivity index (χ4n) is 1.09. The van der Waals surface area contributed by atoms with Gasteiger partial charge in [-0.2, -0.15) is 5.10 Å². The molecule has 0 spiro atoms. The molecule has 2 aromatic heterocycles. The summed E-state index contributed by atoms with van der Waals surface area (Å²) in [4.78, 5) is 0. The van der Waals surface area contributed by atoms with Crippen molar-refractivity contribution >= 4 is 21.7 Å². The molecule has 0 fully saturated rings. The first-order valence-electron chi connectivity index (χ1n) is 3.71. The molecule has 0 saturated heterocycles. The smallest absolute Gasteiger partial charge is 0.178 e. The van der Waals surface area contributed by atoms with E-state index in [1.807, 2.05) is 6.07 Å². The Balaban J connectivity index is 2.53. The Bertz CT molecular complexity index is 413. The van der Waals surface area contributed by atoms with E-state index >= 15 is 0 Å². The summed E-state index contributed by atoms with van der Waals surface area (Å²) in [5, 5.41) is 4.22. The average molecular weight is 242 g/mol. The molecule has 0 atom stereocenters.